The molecule has 0 aliphatic heterocycles. The Balaban J connectivity index is 1.94. The number of aryl methyl sites for hydroxylation is 1. The van der Waals surface area contributed by atoms with E-state index in [9.17, 15) is 0 Å². The summed E-state index contributed by atoms with van der Waals surface area (Å²) < 4.78 is 3.31. The van der Waals surface area contributed by atoms with Gasteiger partial charge in [0.05, 0.1) is 16.4 Å². The Bertz CT molecular complexity index is 358. The van der Waals surface area contributed by atoms with E-state index in [1.54, 1.807) is 0 Å². The van der Waals surface area contributed by atoms with E-state index >= 15 is 0 Å². The SMILES string of the molecule is CCCn1ncc(Br)c1CCC(NC)C1CC1. The van der Waals surface area contributed by atoms with Crippen LogP contribution in [0.25, 0.3) is 0 Å². The van der Waals surface area contributed by atoms with Gasteiger partial charge < -0.3 is 5.32 Å². The molecule has 0 saturated heterocycles. The minimum Gasteiger partial charge on any atom is -0.317 e. The average molecular weight is 300 g/mol. The highest BCUT2D eigenvalue weighted by Crippen LogP contribution is 2.34. The third-order valence-electron chi connectivity index (χ3n) is 3.59. The number of nitrogens with one attached hydrogen (secondary N) is 1. The monoisotopic (exact) mass is 299 g/mol. The molecule has 0 aromatic carbocycles. The third-order valence-corrected chi connectivity index (χ3v) is 4.25. The predicted octanol–water partition coefficient (Wildman–Crippen LogP) is 2.99. The van der Waals surface area contributed by atoms with E-state index in [4.69, 9.17) is 0 Å². The van der Waals surface area contributed by atoms with E-state index in [0.717, 1.165) is 29.8 Å². The van der Waals surface area contributed by atoms with Crippen molar-refractivity contribution < 1.29 is 0 Å². The van der Waals surface area contributed by atoms with Crippen LogP contribution in [0, 0.1) is 5.92 Å². The lowest BCUT2D eigenvalue weighted by molar-refractivity contribution is 0.458. The first-order valence-electron chi connectivity index (χ1n) is 6.63. The molecule has 1 fully saturated rings. The molecule has 0 spiro atoms. The fourth-order valence-electron chi connectivity index (χ4n) is 2.45. The molecule has 2 rings (SSSR count). The van der Waals surface area contributed by atoms with Crippen molar-refractivity contribution in [2.45, 2.75) is 51.6 Å². The average Bonchev–Trinajstić information content (AvgIpc) is 3.10. The van der Waals surface area contributed by atoms with E-state index in [1.165, 1.54) is 25.0 Å². The number of hydrogen-bond acceptors (Lipinski definition) is 2. The van der Waals surface area contributed by atoms with Crippen molar-refractivity contribution in [3.63, 3.8) is 0 Å². The second-order valence-electron chi connectivity index (χ2n) is 4.93. The van der Waals surface area contributed by atoms with Crippen LogP contribution in [0.3, 0.4) is 0 Å². The number of nitrogens with zero attached hydrogens (tertiary/aromatic N) is 2. The lowest BCUT2D eigenvalue weighted by Crippen LogP contribution is -2.28. The third kappa shape index (κ3) is 3.32. The molecule has 1 N–H and O–H groups in total. The Kier molecular flexibility index (Phi) is 4.62. The van der Waals surface area contributed by atoms with Crippen molar-refractivity contribution in [1.29, 1.82) is 0 Å². The van der Waals surface area contributed by atoms with Gasteiger partial charge in [0.2, 0.25) is 0 Å². The highest BCUT2D eigenvalue weighted by molar-refractivity contribution is 9.10. The van der Waals surface area contributed by atoms with Crippen LogP contribution < -0.4 is 5.32 Å². The van der Waals surface area contributed by atoms with Crippen molar-refractivity contribution in [3.8, 4) is 0 Å². The molecule has 17 heavy (non-hydrogen) atoms. The molecule has 1 saturated carbocycles. The van der Waals surface area contributed by atoms with Crippen molar-refractivity contribution in [2.24, 2.45) is 5.92 Å². The molecular formula is C13H22BrN3. The summed E-state index contributed by atoms with van der Waals surface area (Å²) in [6.45, 7) is 3.22. The zero-order chi connectivity index (χ0) is 12.3. The topological polar surface area (TPSA) is 29.9 Å². The first kappa shape index (κ1) is 13.1. The Hall–Kier alpha value is -0.350. The summed E-state index contributed by atoms with van der Waals surface area (Å²) in [4.78, 5) is 0. The van der Waals surface area contributed by atoms with E-state index < -0.39 is 0 Å². The molecule has 1 atom stereocenters. The number of hydrogen-bond donors (Lipinski definition) is 1. The second kappa shape index (κ2) is 6.01. The molecule has 1 aliphatic carbocycles. The molecule has 0 bridgehead atoms. The van der Waals surface area contributed by atoms with Gasteiger partial charge in [-0.2, -0.15) is 5.10 Å². The van der Waals surface area contributed by atoms with Gasteiger partial charge in [0, 0.05) is 12.6 Å². The van der Waals surface area contributed by atoms with Crippen LogP contribution in [0.1, 0.15) is 38.3 Å². The standard InChI is InChI=1S/C13H22BrN3/c1-3-8-17-13(11(14)9-16-17)7-6-12(15-2)10-4-5-10/h9-10,12,15H,3-8H2,1-2H3. The number of rotatable bonds is 7. The Morgan fingerprint density at radius 3 is 2.94 bits per heavy atom. The van der Waals surface area contributed by atoms with E-state index in [2.05, 4.69) is 45.0 Å². The lowest BCUT2D eigenvalue weighted by Gasteiger charge is -2.15. The van der Waals surface area contributed by atoms with E-state index in [-0.39, 0.29) is 0 Å². The first-order valence-corrected chi connectivity index (χ1v) is 7.43. The van der Waals surface area contributed by atoms with Crippen molar-refractivity contribution in [1.82, 2.24) is 15.1 Å². The van der Waals surface area contributed by atoms with Crippen LogP contribution in [0.15, 0.2) is 10.7 Å². The number of halogens is 1. The highest BCUT2D eigenvalue weighted by atomic mass is 79.9. The molecule has 96 valence electrons. The summed E-state index contributed by atoms with van der Waals surface area (Å²) in [5, 5.41) is 7.87. The van der Waals surface area contributed by atoms with Crippen LogP contribution >= 0.6 is 15.9 Å². The molecule has 1 aromatic rings. The fourth-order valence-corrected chi connectivity index (χ4v) is 2.94. The maximum Gasteiger partial charge on any atom is 0.0635 e. The maximum absolute atomic E-state index is 4.42. The fraction of sp³-hybridized carbons (Fsp3) is 0.769. The smallest absolute Gasteiger partial charge is 0.0635 e. The molecule has 3 nitrogen and oxygen atoms in total. The molecule has 1 unspecified atom stereocenters. The highest BCUT2D eigenvalue weighted by Gasteiger charge is 2.29. The Labute approximate surface area is 112 Å². The molecule has 1 aliphatic rings. The zero-order valence-corrected chi connectivity index (χ0v) is 12.3. The van der Waals surface area contributed by atoms with Crippen LogP contribution in [0.5, 0.6) is 0 Å². The quantitative estimate of drug-likeness (QED) is 0.839. The minimum absolute atomic E-state index is 0.687. The van der Waals surface area contributed by atoms with Crippen LogP contribution in [-0.4, -0.2) is 22.9 Å². The summed E-state index contributed by atoms with van der Waals surface area (Å²) in [5.74, 6) is 0.918. The van der Waals surface area contributed by atoms with Gasteiger partial charge in [-0.3, -0.25) is 4.68 Å². The van der Waals surface area contributed by atoms with Gasteiger partial charge in [0.15, 0.2) is 0 Å². The summed E-state index contributed by atoms with van der Waals surface area (Å²) >= 11 is 3.61. The molecule has 0 amide bonds. The van der Waals surface area contributed by atoms with Gasteiger partial charge in [0.1, 0.15) is 0 Å². The molecular weight excluding hydrogens is 278 g/mol. The van der Waals surface area contributed by atoms with Crippen molar-refractivity contribution in [3.05, 3.63) is 16.4 Å². The van der Waals surface area contributed by atoms with Gasteiger partial charge in [-0.15, -0.1) is 0 Å². The lowest BCUT2D eigenvalue weighted by atomic mass is 10.1. The summed E-state index contributed by atoms with van der Waals surface area (Å²) in [6.07, 6.45) is 8.20. The van der Waals surface area contributed by atoms with Crippen molar-refractivity contribution in [2.75, 3.05) is 7.05 Å². The molecule has 0 radical (unpaired) electrons. The minimum atomic E-state index is 0.687. The normalized spacial score (nSPS) is 17.4. The summed E-state index contributed by atoms with van der Waals surface area (Å²) in [7, 11) is 2.08. The van der Waals surface area contributed by atoms with Gasteiger partial charge in [-0.1, -0.05) is 6.92 Å². The second-order valence-corrected chi connectivity index (χ2v) is 5.79. The summed E-state index contributed by atoms with van der Waals surface area (Å²) in [6, 6.07) is 0.687. The molecule has 1 aromatic heterocycles. The Morgan fingerprint density at radius 2 is 2.35 bits per heavy atom. The van der Waals surface area contributed by atoms with Gasteiger partial charge in [0.25, 0.3) is 0 Å². The largest absolute Gasteiger partial charge is 0.317 e. The van der Waals surface area contributed by atoms with Crippen LogP contribution in [-0.2, 0) is 13.0 Å². The first-order chi connectivity index (χ1) is 8.26. The molecule has 4 heteroatoms. The van der Waals surface area contributed by atoms with Crippen LogP contribution in [0.2, 0.25) is 0 Å². The maximum atomic E-state index is 4.42. The predicted molar refractivity (Wildman–Crippen MR) is 74.1 cm³/mol. The van der Waals surface area contributed by atoms with Gasteiger partial charge >= 0.3 is 0 Å². The van der Waals surface area contributed by atoms with Gasteiger partial charge in [-0.25, -0.2) is 0 Å². The zero-order valence-electron chi connectivity index (χ0n) is 10.7. The number of aromatic nitrogens is 2. The van der Waals surface area contributed by atoms with Crippen LogP contribution in [0.4, 0.5) is 0 Å². The summed E-state index contributed by atoms with van der Waals surface area (Å²) in [5.41, 5.74) is 1.35. The van der Waals surface area contributed by atoms with Gasteiger partial charge in [-0.05, 0) is 61.0 Å². The molecule has 1 heterocycles. The Morgan fingerprint density at radius 1 is 1.59 bits per heavy atom. The van der Waals surface area contributed by atoms with E-state index in [0.29, 0.717) is 6.04 Å². The van der Waals surface area contributed by atoms with E-state index in [1.807, 2.05) is 6.20 Å². The van der Waals surface area contributed by atoms with Crippen molar-refractivity contribution >= 4 is 15.9 Å².